The smallest absolute Gasteiger partial charge is 0.140 e. The van der Waals surface area contributed by atoms with Gasteiger partial charge in [-0.1, -0.05) is 23.7 Å². The largest absolute Gasteiger partial charge is 0.224 e. The van der Waals surface area contributed by atoms with Gasteiger partial charge in [0.1, 0.15) is 16.0 Å². The van der Waals surface area contributed by atoms with Gasteiger partial charge >= 0.3 is 0 Å². The summed E-state index contributed by atoms with van der Waals surface area (Å²) in [6.45, 7) is 0. The Balaban J connectivity index is 2.46. The van der Waals surface area contributed by atoms with E-state index < -0.39 is 0 Å². The van der Waals surface area contributed by atoms with Crippen molar-refractivity contribution in [1.29, 1.82) is 0 Å². The molecule has 0 radical (unpaired) electrons. The molecule has 2 aromatic rings. The standard InChI is InChI=1S/C9H5ClFNS/c10-8-5-13-9(12-8)6-2-1-3-7(11)4-6/h1-5H. The van der Waals surface area contributed by atoms with Crippen LogP contribution >= 0.6 is 22.9 Å². The predicted molar refractivity (Wildman–Crippen MR) is 52.5 cm³/mol. The number of halogens is 2. The lowest BCUT2D eigenvalue weighted by Gasteiger charge is -1.94. The normalized spacial score (nSPS) is 10.3. The van der Waals surface area contributed by atoms with E-state index in [1.54, 1.807) is 17.5 Å². The number of hydrogen-bond donors (Lipinski definition) is 0. The number of nitrogens with zero attached hydrogens (tertiary/aromatic N) is 1. The summed E-state index contributed by atoms with van der Waals surface area (Å²) in [6, 6.07) is 6.30. The van der Waals surface area contributed by atoms with Crippen molar-refractivity contribution in [3.63, 3.8) is 0 Å². The van der Waals surface area contributed by atoms with Gasteiger partial charge in [-0.15, -0.1) is 11.3 Å². The lowest BCUT2D eigenvalue weighted by atomic mass is 10.2. The molecule has 0 N–H and O–H groups in total. The van der Waals surface area contributed by atoms with Gasteiger partial charge in [-0.05, 0) is 12.1 Å². The summed E-state index contributed by atoms with van der Waals surface area (Å²) in [5.74, 6) is -0.260. The second kappa shape index (κ2) is 3.44. The van der Waals surface area contributed by atoms with E-state index in [0.717, 1.165) is 10.6 Å². The second-order valence-corrected chi connectivity index (χ2v) is 3.73. The maximum atomic E-state index is 12.8. The quantitative estimate of drug-likeness (QED) is 0.705. The Morgan fingerprint density at radius 3 is 2.85 bits per heavy atom. The van der Waals surface area contributed by atoms with Crippen LogP contribution in [-0.4, -0.2) is 4.98 Å². The van der Waals surface area contributed by atoms with Gasteiger partial charge in [0.15, 0.2) is 0 Å². The van der Waals surface area contributed by atoms with E-state index in [4.69, 9.17) is 11.6 Å². The third-order valence-electron chi connectivity index (χ3n) is 1.55. The Labute approximate surface area is 83.8 Å². The van der Waals surface area contributed by atoms with Crippen LogP contribution in [0.1, 0.15) is 0 Å². The lowest BCUT2D eigenvalue weighted by Crippen LogP contribution is -1.77. The maximum absolute atomic E-state index is 12.8. The van der Waals surface area contributed by atoms with E-state index in [2.05, 4.69) is 4.98 Å². The van der Waals surface area contributed by atoms with Gasteiger partial charge in [-0.2, -0.15) is 0 Å². The van der Waals surface area contributed by atoms with Crippen molar-refractivity contribution in [3.05, 3.63) is 40.6 Å². The summed E-state index contributed by atoms with van der Waals surface area (Å²) in [5.41, 5.74) is 0.761. The highest BCUT2D eigenvalue weighted by molar-refractivity contribution is 7.13. The molecule has 0 saturated carbocycles. The van der Waals surface area contributed by atoms with Gasteiger partial charge in [-0.3, -0.25) is 0 Å². The molecule has 0 saturated heterocycles. The Bertz CT molecular complexity index is 427. The molecule has 1 aromatic heterocycles. The van der Waals surface area contributed by atoms with Crippen LogP contribution in [0.25, 0.3) is 10.6 Å². The number of aromatic nitrogens is 1. The van der Waals surface area contributed by atoms with Gasteiger partial charge in [-0.25, -0.2) is 9.37 Å². The average Bonchev–Trinajstić information content (AvgIpc) is 2.52. The van der Waals surface area contributed by atoms with Crippen LogP contribution in [-0.2, 0) is 0 Å². The molecule has 0 atom stereocenters. The molecular weight excluding hydrogens is 209 g/mol. The van der Waals surface area contributed by atoms with Crippen LogP contribution in [0.4, 0.5) is 4.39 Å². The fourth-order valence-electron chi connectivity index (χ4n) is 1.01. The molecule has 0 aliphatic heterocycles. The van der Waals surface area contributed by atoms with Crippen molar-refractivity contribution in [1.82, 2.24) is 4.98 Å². The van der Waals surface area contributed by atoms with E-state index in [0.29, 0.717) is 5.15 Å². The third kappa shape index (κ3) is 1.87. The van der Waals surface area contributed by atoms with E-state index in [1.165, 1.54) is 23.5 Å². The van der Waals surface area contributed by atoms with Crippen LogP contribution in [0, 0.1) is 5.82 Å². The highest BCUT2D eigenvalue weighted by atomic mass is 35.5. The minimum absolute atomic E-state index is 0.260. The van der Waals surface area contributed by atoms with Crippen molar-refractivity contribution >= 4 is 22.9 Å². The Morgan fingerprint density at radius 2 is 2.23 bits per heavy atom. The van der Waals surface area contributed by atoms with Crippen molar-refractivity contribution in [3.8, 4) is 10.6 Å². The summed E-state index contributed by atoms with van der Waals surface area (Å²) in [5, 5.41) is 2.91. The summed E-state index contributed by atoms with van der Waals surface area (Å²) < 4.78 is 12.8. The number of thiazole rings is 1. The molecule has 0 aliphatic rings. The minimum atomic E-state index is -0.260. The molecule has 1 nitrogen and oxygen atoms in total. The third-order valence-corrected chi connectivity index (χ3v) is 2.76. The van der Waals surface area contributed by atoms with E-state index in [1.807, 2.05) is 0 Å². The van der Waals surface area contributed by atoms with E-state index in [9.17, 15) is 4.39 Å². The minimum Gasteiger partial charge on any atom is -0.224 e. The van der Waals surface area contributed by atoms with Gasteiger partial charge in [0.05, 0.1) is 0 Å². The average molecular weight is 214 g/mol. The monoisotopic (exact) mass is 213 g/mol. The SMILES string of the molecule is Fc1cccc(-c2nc(Cl)cs2)c1. The molecule has 0 spiro atoms. The van der Waals surface area contributed by atoms with Gasteiger partial charge in [0, 0.05) is 10.9 Å². The number of rotatable bonds is 1. The molecule has 66 valence electrons. The number of benzene rings is 1. The van der Waals surface area contributed by atoms with Crippen LogP contribution in [0.3, 0.4) is 0 Å². The molecule has 4 heteroatoms. The van der Waals surface area contributed by atoms with Crippen molar-refractivity contribution < 1.29 is 4.39 Å². The molecule has 13 heavy (non-hydrogen) atoms. The Kier molecular flexibility index (Phi) is 2.29. The Hall–Kier alpha value is -0.930. The fraction of sp³-hybridized carbons (Fsp3) is 0. The van der Waals surface area contributed by atoms with Crippen LogP contribution in [0.5, 0.6) is 0 Å². The van der Waals surface area contributed by atoms with Crippen molar-refractivity contribution in [2.45, 2.75) is 0 Å². The predicted octanol–water partition coefficient (Wildman–Crippen LogP) is 3.60. The zero-order chi connectivity index (χ0) is 9.26. The van der Waals surface area contributed by atoms with Gasteiger partial charge in [0.25, 0.3) is 0 Å². The fourth-order valence-corrected chi connectivity index (χ4v) is 1.95. The first-order valence-electron chi connectivity index (χ1n) is 3.63. The summed E-state index contributed by atoms with van der Waals surface area (Å²) in [4.78, 5) is 4.04. The van der Waals surface area contributed by atoms with E-state index in [-0.39, 0.29) is 5.82 Å². The Morgan fingerprint density at radius 1 is 1.38 bits per heavy atom. The zero-order valence-corrected chi connectivity index (χ0v) is 8.07. The summed E-state index contributed by atoms with van der Waals surface area (Å²) >= 11 is 7.06. The second-order valence-electron chi connectivity index (χ2n) is 2.49. The first kappa shape index (κ1) is 8.66. The topological polar surface area (TPSA) is 12.9 Å². The van der Waals surface area contributed by atoms with Crippen LogP contribution in [0.2, 0.25) is 5.15 Å². The summed E-state index contributed by atoms with van der Waals surface area (Å²) in [7, 11) is 0. The van der Waals surface area contributed by atoms with Crippen molar-refractivity contribution in [2.24, 2.45) is 0 Å². The molecule has 0 bridgehead atoms. The zero-order valence-electron chi connectivity index (χ0n) is 6.50. The molecule has 0 unspecified atom stereocenters. The van der Waals surface area contributed by atoms with Crippen LogP contribution < -0.4 is 0 Å². The van der Waals surface area contributed by atoms with Gasteiger partial charge in [0.2, 0.25) is 0 Å². The molecule has 1 aromatic carbocycles. The lowest BCUT2D eigenvalue weighted by molar-refractivity contribution is 0.628. The molecule has 0 aliphatic carbocycles. The van der Waals surface area contributed by atoms with Crippen LogP contribution in [0.15, 0.2) is 29.6 Å². The molecule has 1 heterocycles. The summed E-state index contributed by atoms with van der Waals surface area (Å²) in [6.07, 6.45) is 0. The van der Waals surface area contributed by atoms with E-state index >= 15 is 0 Å². The molecular formula is C9H5ClFNS. The molecule has 0 fully saturated rings. The van der Waals surface area contributed by atoms with Crippen molar-refractivity contribution in [2.75, 3.05) is 0 Å². The highest BCUT2D eigenvalue weighted by Crippen LogP contribution is 2.25. The molecule has 0 amide bonds. The first-order valence-corrected chi connectivity index (χ1v) is 4.88. The molecule has 2 rings (SSSR count). The number of hydrogen-bond acceptors (Lipinski definition) is 2. The first-order chi connectivity index (χ1) is 6.25. The van der Waals surface area contributed by atoms with Gasteiger partial charge < -0.3 is 0 Å². The maximum Gasteiger partial charge on any atom is 0.140 e. The highest BCUT2D eigenvalue weighted by Gasteiger charge is 2.03.